The van der Waals surface area contributed by atoms with Crippen molar-refractivity contribution in [1.29, 1.82) is 0 Å². The summed E-state index contributed by atoms with van der Waals surface area (Å²) >= 11 is 3.04. The second-order valence-corrected chi connectivity index (χ2v) is 5.43. The van der Waals surface area contributed by atoms with Gasteiger partial charge in [0.25, 0.3) is 0 Å². The number of aromatic nitrogens is 2. The molecule has 3 nitrogen and oxygen atoms in total. The van der Waals surface area contributed by atoms with Crippen molar-refractivity contribution in [3.05, 3.63) is 40.1 Å². The maximum atomic E-state index is 13.7. The van der Waals surface area contributed by atoms with E-state index in [1.165, 1.54) is 6.07 Å². The molecule has 2 rings (SSSR count). The van der Waals surface area contributed by atoms with Gasteiger partial charge in [0.2, 0.25) is 5.95 Å². The molecule has 0 unspecified atom stereocenters. The Morgan fingerprint density at radius 3 is 2.58 bits per heavy atom. The van der Waals surface area contributed by atoms with Crippen molar-refractivity contribution in [2.24, 2.45) is 0 Å². The number of benzene rings is 1. The molecule has 2 aromatic rings. The van der Waals surface area contributed by atoms with Crippen molar-refractivity contribution in [3.63, 3.8) is 0 Å². The first-order valence-electron chi connectivity index (χ1n) is 5.85. The lowest BCUT2D eigenvalue weighted by atomic mass is 10.3. The van der Waals surface area contributed by atoms with Crippen LogP contribution >= 0.6 is 15.9 Å². The van der Waals surface area contributed by atoms with E-state index in [2.05, 4.69) is 26.2 Å². The minimum absolute atomic E-state index is 0.181. The number of nitrogens with one attached hydrogen (secondary N) is 1. The lowest BCUT2D eigenvalue weighted by Crippen LogP contribution is -2.06. The molecule has 1 aromatic carbocycles. The second kappa shape index (κ2) is 5.28. The highest BCUT2D eigenvalue weighted by Crippen LogP contribution is 2.27. The van der Waals surface area contributed by atoms with E-state index in [1.807, 2.05) is 31.5 Å². The van der Waals surface area contributed by atoms with Gasteiger partial charge in [-0.2, -0.15) is 0 Å². The van der Waals surface area contributed by atoms with E-state index in [9.17, 15) is 8.78 Å². The van der Waals surface area contributed by atoms with Gasteiger partial charge in [0.15, 0.2) is 0 Å². The van der Waals surface area contributed by atoms with Crippen molar-refractivity contribution >= 4 is 27.6 Å². The zero-order valence-electron chi connectivity index (χ0n) is 10.8. The highest BCUT2D eigenvalue weighted by Gasteiger charge is 2.13. The summed E-state index contributed by atoms with van der Waals surface area (Å²) in [4.78, 5) is 4.30. The summed E-state index contributed by atoms with van der Waals surface area (Å²) in [6, 6.07) is 2.39. The third-order valence-corrected chi connectivity index (χ3v) is 3.27. The molecule has 0 amide bonds. The Morgan fingerprint density at radius 1 is 1.26 bits per heavy atom. The molecule has 1 heterocycles. The van der Waals surface area contributed by atoms with Gasteiger partial charge in [0.1, 0.15) is 11.6 Å². The molecule has 0 spiro atoms. The van der Waals surface area contributed by atoms with Gasteiger partial charge in [-0.1, -0.05) is 0 Å². The van der Waals surface area contributed by atoms with Gasteiger partial charge in [0, 0.05) is 18.3 Å². The van der Waals surface area contributed by atoms with E-state index in [4.69, 9.17) is 0 Å². The quantitative estimate of drug-likeness (QED) is 0.837. The molecule has 1 aromatic heterocycles. The van der Waals surface area contributed by atoms with Crippen molar-refractivity contribution < 1.29 is 8.78 Å². The topological polar surface area (TPSA) is 29.9 Å². The SMILES string of the molecule is Cc1cn(C(C)C)c(Nc2cc(Br)c(F)cc2F)n1. The fourth-order valence-electron chi connectivity index (χ4n) is 1.74. The molecule has 1 N–H and O–H groups in total. The summed E-state index contributed by atoms with van der Waals surface area (Å²) in [5.41, 5.74) is 1.01. The van der Waals surface area contributed by atoms with Crippen LogP contribution in [0.1, 0.15) is 25.6 Å². The number of halogens is 3. The maximum Gasteiger partial charge on any atom is 0.207 e. The first-order valence-corrected chi connectivity index (χ1v) is 6.65. The van der Waals surface area contributed by atoms with Crippen LogP contribution in [0.15, 0.2) is 22.8 Å². The molecule has 6 heteroatoms. The Morgan fingerprint density at radius 2 is 1.95 bits per heavy atom. The molecule has 19 heavy (non-hydrogen) atoms. The summed E-state index contributed by atoms with van der Waals surface area (Å²) in [5, 5.41) is 2.89. The number of hydrogen-bond acceptors (Lipinski definition) is 2. The molecule has 0 atom stereocenters. The monoisotopic (exact) mass is 329 g/mol. The van der Waals surface area contributed by atoms with Crippen LogP contribution in [0.5, 0.6) is 0 Å². The number of imidazole rings is 1. The van der Waals surface area contributed by atoms with Gasteiger partial charge in [-0.15, -0.1) is 0 Å². The summed E-state index contributed by atoms with van der Waals surface area (Å²) in [5.74, 6) is -0.756. The number of anilines is 2. The maximum absolute atomic E-state index is 13.7. The third-order valence-electron chi connectivity index (χ3n) is 2.67. The minimum atomic E-state index is -0.656. The number of hydrogen-bond donors (Lipinski definition) is 1. The summed E-state index contributed by atoms with van der Waals surface area (Å²) in [6.45, 7) is 5.87. The average molecular weight is 330 g/mol. The van der Waals surface area contributed by atoms with Gasteiger partial charge in [-0.3, -0.25) is 0 Å². The molecule has 0 fully saturated rings. The largest absolute Gasteiger partial charge is 0.323 e. The zero-order chi connectivity index (χ0) is 14.2. The van der Waals surface area contributed by atoms with E-state index in [0.717, 1.165) is 11.8 Å². The normalized spacial score (nSPS) is 11.1. The fraction of sp³-hybridized carbons (Fsp3) is 0.308. The lowest BCUT2D eigenvalue weighted by Gasteiger charge is -2.13. The average Bonchev–Trinajstić information content (AvgIpc) is 2.67. The Balaban J connectivity index is 2.39. The van der Waals surface area contributed by atoms with E-state index >= 15 is 0 Å². The van der Waals surface area contributed by atoms with E-state index < -0.39 is 11.6 Å². The molecule has 0 saturated carbocycles. The third kappa shape index (κ3) is 2.94. The lowest BCUT2D eigenvalue weighted by molar-refractivity contribution is 0.579. The first kappa shape index (κ1) is 14.0. The molecule has 0 bridgehead atoms. The van der Waals surface area contributed by atoms with Crippen LogP contribution in [0.4, 0.5) is 20.4 Å². The Kier molecular flexibility index (Phi) is 3.89. The minimum Gasteiger partial charge on any atom is -0.323 e. The molecular formula is C13H14BrF2N3. The van der Waals surface area contributed by atoms with Crippen molar-refractivity contribution in [2.75, 3.05) is 5.32 Å². The molecule has 0 saturated heterocycles. The van der Waals surface area contributed by atoms with Gasteiger partial charge in [0.05, 0.1) is 15.9 Å². The van der Waals surface area contributed by atoms with Crippen molar-refractivity contribution in [3.8, 4) is 0 Å². The van der Waals surface area contributed by atoms with E-state index in [0.29, 0.717) is 5.95 Å². The second-order valence-electron chi connectivity index (χ2n) is 4.58. The van der Waals surface area contributed by atoms with E-state index in [1.54, 1.807) is 0 Å². The molecule has 0 aliphatic heterocycles. The van der Waals surface area contributed by atoms with Crippen LogP contribution in [0, 0.1) is 18.6 Å². The Bertz CT molecular complexity index is 608. The van der Waals surface area contributed by atoms with Crippen molar-refractivity contribution in [1.82, 2.24) is 9.55 Å². The standard InChI is InChI=1S/C13H14BrF2N3/c1-7(2)19-6-8(3)17-13(19)18-12-4-9(14)10(15)5-11(12)16/h4-7H,1-3H3,(H,17,18). The predicted molar refractivity (Wildman–Crippen MR) is 74.7 cm³/mol. The smallest absolute Gasteiger partial charge is 0.207 e. The predicted octanol–water partition coefficient (Wildman–Crippen LogP) is 4.56. The highest BCUT2D eigenvalue weighted by atomic mass is 79.9. The number of rotatable bonds is 3. The molecular weight excluding hydrogens is 316 g/mol. The summed E-state index contributed by atoms with van der Waals surface area (Å²) < 4.78 is 29.0. The van der Waals surface area contributed by atoms with Crippen LogP contribution in [-0.2, 0) is 0 Å². The highest BCUT2D eigenvalue weighted by molar-refractivity contribution is 9.10. The van der Waals surface area contributed by atoms with Crippen LogP contribution in [-0.4, -0.2) is 9.55 Å². The molecule has 102 valence electrons. The summed E-state index contributed by atoms with van der Waals surface area (Å²) in [6.07, 6.45) is 1.88. The first-order chi connectivity index (χ1) is 8.88. The van der Waals surface area contributed by atoms with E-state index in [-0.39, 0.29) is 16.2 Å². The van der Waals surface area contributed by atoms with Gasteiger partial charge in [-0.25, -0.2) is 13.8 Å². The van der Waals surface area contributed by atoms with Crippen molar-refractivity contribution in [2.45, 2.75) is 26.8 Å². The Hall–Kier alpha value is -1.43. The fourth-order valence-corrected chi connectivity index (χ4v) is 2.08. The molecule has 0 aliphatic rings. The van der Waals surface area contributed by atoms with Gasteiger partial charge in [-0.05, 0) is 42.8 Å². The Labute approximate surface area is 118 Å². The van der Waals surface area contributed by atoms with Crippen LogP contribution in [0.2, 0.25) is 0 Å². The number of aryl methyl sites for hydroxylation is 1. The van der Waals surface area contributed by atoms with Crippen LogP contribution < -0.4 is 5.32 Å². The molecule has 0 aliphatic carbocycles. The number of nitrogens with zero attached hydrogens (tertiary/aromatic N) is 2. The van der Waals surface area contributed by atoms with Crippen LogP contribution in [0.25, 0.3) is 0 Å². The summed E-state index contributed by atoms with van der Waals surface area (Å²) in [7, 11) is 0. The van der Waals surface area contributed by atoms with Gasteiger partial charge < -0.3 is 9.88 Å². The zero-order valence-corrected chi connectivity index (χ0v) is 12.4. The van der Waals surface area contributed by atoms with Crippen LogP contribution in [0.3, 0.4) is 0 Å². The van der Waals surface area contributed by atoms with Gasteiger partial charge >= 0.3 is 0 Å². The molecule has 0 radical (unpaired) electrons.